The van der Waals surface area contributed by atoms with Crippen molar-refractivity contribution in [3.8, 4) is 0 Å². The van der Waals surface area contributed by atoms with Gasteiger partial charge in [0.05, 0.1) is 19.8 Å². The minimum atomic E-state index is -0.720. The second kappa shape index (κ2) is 12.0. The molecule has 0 aliphatic carbocycles. The second-order valence-corrected chi connectivity index (χ2v) is 8.86. The SMILES string of the molecule is CC(C)CCNC(=O)[C@@H](C)N(Cc1ccc(F)cc1)C(=O)c1ccc(CN2CCOCC2)o1. The van der Waals surface area contributed by atoms with Crippen LogP contribution in [0.25, 0.3) is 0 Å². The molecule has 3 rings (SSSR count). The highest BCUT2D eigenvalue weighted by atomic mass is 19.1. The van der Waals surface area contributed by atoms with E-state index in [1.165, 1.54) is 17.0 Å². The molecule has 1 aromatic heterocycles. The number of furan rings is 1. The Morgan fingerprint density at radius 3 is 2.45 bits per heavy atom. The van der Waals surface area contributed by atoms with Crippen LogP contribution < -0.4 is 5.32 Å². The van der Waals surface area contributed by atoms with Gasteiger partial charge in [-0.15, -0.1) is 0 Å². The molecule has 33 heavy (non-hydrogen) atoms. The fraction of sp³-hybridized carbons (Fsp3) is 0.520. The highest BCUT2D eigenvalue weighted by Crippen LogP contribution is 2.18. The number of morpholine rings is 1. The number of rotatable bonds is 10. The van der Waals surface area contributed by atoms with E-state index in [0.29, 0.717) is 38.0 Å². The van der Waals surface area contributed by atoms with Gasteiger partial charge >= 0.3 is 0 Å². The molecule has 1 atom stereocenters. The molecule has 1 N–H and O–H groups in total. The summed E-state index contributed by atoms with van der Waals surface area (Å²) in [6.45, 7) is 10.2. The normalized spacial score (nSPS) is 15.4. The molecule has 0 bridgehead atoms. The maximum atomic E-state index is 13.4. The summed E-state index contributed by atoms with van der Waals surface area (Å²) in [6.07, 6.45) is 0.855. The van der Waals surface area contributed by atoms with E-state index in [1.807, 2.05) is 0 Å². The molecule has 2 aromatic rings. The molecule has 8 heteroatoms. The van der Waals surface area contributed by atoms with Crippen LogP contribution in [-0.4, -0.2) is 60.5 Å². The molecular formula is C25H34FN3O4. The summed E-state index contributed by atoms with van der Waals surface area (Å²) in [7, 11) is 0. The molecule has 0 saturated carbocycles. The van der Waals surface area contributed by atoms with Crippen molar-refractivity contribution in [3.63, 3.8) is 0 Å². The van der Waals surface area contributed by atoms with Crippen LogP contribution in [0.15, 0.2) is 40.8 Å². The smallest absolute Gasteiger partial charge is 0.290 e. The second-order valence-electron chi connectivity index (χ2n) is 8.86. The molecule has 0 unspecified atom stereocenters. The number of hydrogen-bond donors (Lipinski definition) is 1. The van der Waals surface area contributed by atoms with Crippen molar-refractivity contribution in [1.82, 2.24) is 15.1 Å². The lowest BCUT2D eigenvalue weighted by Crippen LogP contribution is -2.47. The largest absolute Gasteiger partial charge is 0.455 e. The van der Waals surface area contributed by atoms with Gasteiger partial charge in [-0.1, -0.05) is 26.0 Å². The molecule has 0 spiro atoms. The number of halogens is 1. The Balaban J connectivity index is 1.73. The van der Waals surface area contributed by atoms with Crippen LogP contribution >= 0.6 is 0 Å². The summed E-state index contributed by atoms with van der Waals surface area (Å²) in [6, 6.07) is 8.65. The Morgan fingerprint density at radius 1 is 1.09 bits per heavy atom. The van der Waals surface area contributed by atoms with E-state index < -0.39 is 6.04 Å². The monoisotopic (exact) mass is 459 g/mol. The average molecular weight is 460 g/mol. The van der Waals surface area contributed by atoms with E-state index in [0.717, 1.165) is 25.1 Å². The molecule has 1 aromatic carbocycles. The predicted molar refractivity (Wildman–Crippen MR) is 123 cm³/mol. The standard InChI is InChI=1S/C25H34FN3O4/c1-18(2)10-11-27-24(30)19(3)29(16-20-4-6-21(26)7-5-20)25(31)23-9-8-22(33-23)17-28-12-14-32-15-13-28/h4-9,18-19H,10-17H2,1-3H3,(H,27,30)/t19-/m1/s1. The van der Waals surface area contributed by atoms with Gasteiger partial charge < -0.3 is 19.4 Å². The summed E-state index contributed by atoms with van der Waals surface area (Å²) in [5.74, 6) is 0.379. The first-order chi connectivity index (χ1) is 15.8. The zero-order chi connectivity index (χ0) is 23.8. The van der Waals surface area contributed by atoms with Crippen LogP contribution in [0.4, 0.5) is 4.39 Å². The summed E-state index contributed by atoms with van der Waals surface area (Å²) in [4.78, 5) is 29.9. The zero-order valence-corrected chi connectivity index (χ0v) is 19.7. The fourth-order valence-electron chi connectivity index (χ4n) is 3.64. The third-order valence-electron chi connectivity index (χ3n) is 5.75. The summed E-state index contributed by atoms with van der Waals surface area (Å²) in [5, 5.41) is 2.91. The number of carbonyl (C=O) groups is 2. The molecule has 2 heterocycles. The van der Waals surface area contributed by atoms with Gasteiger partial charge in [-0.2, -0.15) is 0 Å². The molecule has 7 nitrogen and oxygen atoms in total. The molecular weight excluding hydrogens is 425 g/mol. The van der Waals surface area contributed by atoms with Crippen molar-refractivity contribution in [1.29, 1.82) is 0 Å². The minimum absolute atomic E-state index is 0.164. The first-order valence-corrected chi connectivity index (χ1v) is 11.6. The van der Waals surface area contributed by atoms with E-state index in [4.69, 9.17) is 9.15 Å². The van der Waals surface area contributed by atoms with Gasteiger partial charge in [0.25, 0.3) is 5.91 Å². The van der Waals surface area contributed by atoms with Crippen molar-refractivity contribution in [3.05, 3.63) is 59.3 Å². The van der Waals surface area contributed by atoms with Crippen LogP contribution in [-0.2, 0) is 22.6 Å². The maximum Gasteiger partial charge on any atom is 0.290 e. The third kappa shape index (κ3) is 7.40. The van der Waals surface area contributed by atoms with Gasteiger partial charge in [0, 0.05) is 26.2 Å². The van der Waals surface area contributed by atoms with E-state index in [2.05, 4.69) is 24.1 Å². The van der Waals surface area contributed by atoms with Gasteiger partial charge in [0.1, 0.15) is 17.6 Å². The zero-order valence-electron chi connectivity index (χ0n) is 19.7. The summed E-state index contributed by atoms with van der Waals surface area (Å²) in [5.41, 5.74) is 0.728. The van der Waals surface area contributed by atoms with E-state index in [1.54, 1.807) is 31.2 Å². The van der Waals surface area contributed by atoms with Gasteiger partial charge in [-0.3, -0.25) is 14.5 Å². The van der Waals surface area contributed by atoms with Crippen LogP contribution in [0.3, 0.4) is 0 Å². The first-order valence-electron chi connectivity index (χ1n) is 11.6. The number of hydrogen-bond acceptors (Lipinski definition) is 5. The van der Waals surface area contributed by atoms with Crippen molar-refractivity contribution < 1.29 is 23.1 Å². The Morgan fingerprint density at radius 2 is 1.79 bits per heavy atom. The van der Waals surface area contributed by atoms with Gasteiger partial charge in [-0.05, 0) is 49.1 Å². The highest BCUT2D eigenvalue weighted by molar-refractivity contribution is 5.95. The minimum Gasteiger partial charge on any atom is -0.455 e. The Bertz CT molecular complexity index is 907. The van der Waals surface area contributed by atoms with E-state index in [-0.39, 0.29) is 29.9 Å². The molecule has 1 fully saturated rings. The maximum absolute atomic E-state index is 13.4. The van der Waals surface area contributed by atoms with Crippen LogP contribution in [0.5, 0.6) is 0 Å². The van der Waals surface area contributed by atoms with Crippen molar-refractivity contribution in [2.75, 3.05) is 32.8 Å². The first kappa shape index (κ1) is 24.9. The molecule has 1 aliphatic rings. The topological polar surface area (TPSA) is 75.0 Å². The molecule has 0 radical (unpaired) electrons. The quantitative estimate of drug-likeness (QED) is 0.589. The van der Waals surface area contributed by atoms with Gasteiger partial charge in [-0.25, -0.2) is 4.39 Å². The van der Waals surface area contributed by atoms with Crippen LogP contribution in [0.1, 0.15) is 49.1 Å². The number of nitrogens with zero attached hydrogens (tertiary/aromatic N) is 2. The van der Waals surface area contributed by atoms with Crippen molar-refractivity contribution in [2.45, 2.75) is 46.3 Å². The number of nitrogens with one attached hydrogen (secondary N) is 1. The molecule has 1 saturated heterocycles. The molecule has 1 aliphatic heterocycles. The average Bonchev–Trinajstić information content (AvgIpc) is 3.26. The summed E-state index contributed by atoms with van der Waals surface area (Å²) < 4.78 is 24.6. The molecule has 2 amide bonds. The highest BCUT2D eigenvalue weighted by Gasteiger charge is 2.29. The van der Waals surface area contributed by atoms with Gasteiger partial charge in [0.2, 0.25) is 5.91 Å². The van der Waals surface area contributed by atoms with Crippen molar-refractivity contribution in [2.24, 2.45) is 5.92 Å². The third-order valence-corrected chi connectivity index (χ3v) is 5.75. The van der Waals surface area contributed by atoms with Crippen LogP contribution in [0, 0.1) is 11.7 Å². The summed E-state index contributed by atoms with van der Waals surface area (Å²) >= 11 is 0. The van der Waals surface area contributed by atoms with E-state index in [9.17, 15) is 14.0 Å². The Kier molecular flexibility index (Phi) is 9.03. The van der Waals surface area contributed by atoms with Gasteiger partial charge in [0.15, 0.2) is 5.76 Å². The number of amides is 2. The van der Waals surface area contributed by atoms with E-state index >= 15 is 0 Å². The lowest BCUT2D eigenvalue weighted by atomic mass is 10.1. The Labute approximate surface area is 194 Å². The number of benzene rings is 1. The molecule has 180 valence electrons. The number of ether oxygens (including phenoxy) is 1. The lowest BCUT2D eigenvalue weighted by molar-refractivity contribution is -0.125. The fourth-order valence-corrected chi connectivity index (χ4v) is 3.64. The van der Waals surface area contributed by atoms with Crippen molar-refractivity contribution >= 4 is 11.8 Å². The predicted octanol–water partition coefficient (Wildman–Crippen LogP) is 3.44. The lowest BCUT2D eigenvalue weighted by Gasteiger charge is -2.28. The Hall–Kier alpha value is -2.71. The van der Waals surface area contributed by atoms with Crippen LogP contribution in [0.2, 0.25) is 0 Å². The number of carbonyl (C=O) groups excluding carboxylic acids is 2.